The van der Waals surface area contributed by atoms with Gasteiger partial charge in [-0.25, -0.2) is 4.98 Å². The van der Waals surface area contributed by atoms with Gasteiger partial charge in [0.05, 0.1) is 31.5 Å². The lowest BCUT2D eigenvalue weighted by molar-refractivity contribution is -0.141. The third-order valence-corrected chi connectivity index (χ3v) is 4.18. The number of thioether (sulfide) groups is 1. The average molecular weight is 345 g/mol. The molecule has 0 bridgehead atoms. The monoisotopic (exact) mass is 345 g/mol. The molecule has 1 heterocycles. The number of carbonyl (C=O) groups excluding carboxylic acids is 2. The van der Waals surface area contributed by atoms with Crippen LogP contribution in [0.3, 0.4) is 0 Å². The van der Waals surface area contributed by atoms with Crippen molar-refractivity contribution in [2.75, 3.05) is 13.4 Å². The van der Waals surface area contributed by atoms with Crippen molar-refractivity contribution in [3.8, 4) is 0 Å². The van der Waals surface area contributed by atoms with Crippen LogP contribution in [0.15, 0.2) is 41.6 Å². The van der Waals surface area contributed by atoms with E-state index < -0.39 is 12.0 Å². The summed E-state index contributed by atoms with van der Waals surface area (Å²) in [4.78, 5) is 33.3. The molecule has 1 unspecified atom stereocenters. The molecule has 0 saturated carbocycles. The number of ether oxygens (including phenoxy) is 1. The van der Waals surface area contributed by atoms with E-state index in [2.05, 4.69) is 15.3 Å². The Bertz CT molecular complexity index is 702. The maximum atomic E-state index is 12.4. The smallest absolute Gasteiger partial charge is 0.307 e. The van der Waals surface area contributed by atoms with Crippen LogP contribution in [0.25, 0.3) is 0 Å². The highest BCUT2D eigenvalue weighted by Crippen LogP contribution is 2.22. The summed E-state index contributed by atoms with van der Waals surface area (Å²) in [6.07, 6.45) is 4.97. The number of rotatable bonds is 6. The number of aromatic nitrogens is 2. The zero-order chi connectivity index (χ0) is 17.5. The van der Waals surface area contributed by atoms with Gasteiger partial charge in [0.2, 0.25) is 0 Å². The lowest BCUT2D eigenvalue weighted by atomic mass is 10.0. The molecule has 0 aliphatic carbocycles. The van der Waals surface area contributed by atoms with Gasteiger partial charge < -0.3 is 10.1 Å². The van der Waals surface area contributed by atoms with E-state index in [9.17, 15) is 9.59 Å². The van der Waals surface area contributed by atoms with Gasteiger partial charge in [0, 0.05) is 11.1 Å². The quantitative estimate of drug-likeness (QED) is 0.640. The SMILES string of the molecule is COC(=O)CC(NC(=O)c1cnc(C)cn1)c1ccc(SC)cc1. The topological polar surface area (TPSA) is 81.2 Å². The molecule has 0 saturated heterocycles. The number of amides is 1. The number of hydrogen-bond acceptors (Lipinski definition) is 6. The molecule has 1 amide bonds. The van der Waals surface area contributed by atoms with Crippen LogP contribution in [-0.4, -0.2) is 35.2 Å². The highest BCUT2D eigenvalue weighted by Gasteiger charge is 2.20. The lowest BCUT2D eigenvalue weighted by Gasteiger charge is -2.18. The Labute approximate surface area is 145 Å². The Balaban J connectivity index is 2.19. The Kier molecular flexibility index (Phi) is 6.31. The van der Waals surface area contributed by atoms with E-state index >= 15 is 0 Å². The van der Waals surface area contributed by atoms with Gasteiger partial charge in [-0.05, 0) is 30.9 Å². The standard InChI is InChI=1S/C17H19N3O3S/c1-11-9-19-15(10-18-11)17(22)20-14(8-16(21)23-2)12-4-6-13(24-3)7-5-12/h4-7,9-10,14H,8H2,1-3H3,(H,20,22). The number of aryl methyl sites for hydroxylation is 1. The Morgan fingerprint density at radius 2 is 1.92 bits per heavy atom. The largest absolute Gasteiger partial charge is 0.469 e. The fourth-order valence-electron chi connectivity index (χ4n) is 2.08. The first-order valence-corrected chi connectivity index (χ1v) is 8.56. The number of hydrogen-bond donors (Lipinski definition) is 1. The second kappa shape index (κ2) is 8.44. The predicted molar refractivity (Wildman–Crippen MR) is 91.8 cm³/mol. The van der Waals surface area contributed by atoms with E-state index in [1.54, 1.807) is 18.7 Å². The third-order valence-electron chi connectivity index (χ3n) is 3.44. The van der Waals surface area contributed by atoms with E-state index in [1.807, 2.05) is 30.5 Å². The van der Waals surface area contributed by atoms with Crippen molar-refractivity contribution in [1.82, 2.24) is 15.3 Å². The molecule has 2 rings (SSSR count). The van der Waals surface area contributed by atoms with Crippen LogP contribution in [0.2, 0.25) is 0 Å². The molecule has 126 valence electrons. The first-order chi connectivity index (χ1) is 11.5. The molecule has 1 aromatic heterocycles. The van der Waals surface area contributed by atoms with Gasteiger partial charge in [0.1, 0.15) is 5.69 Å². The molecule has 24 heavy (non-hydrogen) atoms. The van der Waals surface area contributed by atoms with Gasteiger partial charge in [-0.3, -0.25) is 14.6 Å². The highest BCUT2D eigenvalue weighted by atomic mass is 32.2. The maximum absolute atomic E-state index is 12.4. The van der Waals surface area contributed by atoms with E-state index in [1.165, 1.54) is 19.5 Å². The van der Waals surface area contributed by atoms with Crippen molar-refractivity contribution >= 4 is 23.6 Å². The van der Waals surface area contributed by atoms with Crippen LogP contribution in [0.1, 0.15) is 34.2 Å². The van der Waals surface area contributed by atoms with Crippen LogP contribution < -0.4 is 5.32 Å². The van der Waals surface area contributed by atoms with Crippen molar-refractivity contribution in [2.45, 2.75) is 24.3 Å². The van der Waals surface area contributed by atoms with E-state index in [0.717, 1.165) is 16.2 Å². The molecule has 0 fully saturated rings. The zero-order valence-corrected chi connectivity index (χ0v) is 14.6. The van der Waals surface area contributed by atoms with Crippen LogP contribution in [0.4, 0.5) is 0 Å². The molecule has 0 radical (unpaired) electrons. The molecule has 0 aliphatic heterocycles. The lowest BCUT2D eigenvalue weighted by Crippen LogP contribution is -2.31. The second-order valence-electron chi connectivity index (χ2n) is 5.12. The van der Waals surface area contributed by atoms with Gasteiger partial charge in [0.15, 0.2) is 0 Å². The Morgan fingerprint density at radius 1 is 1.21 bits per heavy atom. The van der Waals surface area contributed by atoms with Crippen LogP contribution in [0.5, 0.6) is 0 Å². The zero-order valence-electron chi connectivity index (χ0n) is 13.8. The maximum Gasteiger partial charge on any atom is 0.307 e. The number of carbonyl (C=O) groups is 2. The summed E-state index contributed by atoms with van der Waals surface area (Å²) in [6, 6.07) is 7.18. The Hall–Kier alpha value is -2.41. The number of nitrogens with one attached hydrogen (secondary N) is 1. The Morgan fingerprint density at radius 3 is 2.46 bits per heavy atom. The molecular formula is C17H19N3O3S. The summed E-state index contributed by atoms with van der Waals surface area (Å²) < 4.78 is 4.73. The normalized spacial score (nSPS) is 11.6. The highest BCUT2D eigenvalue weighted by molar-refractivity contribution is 7.98. The average Bonchev–Trinajstić information content (AvgIpc) is 2.61. The van der Waals surface area contributed by atoms with Crippen molar-refractivity contribution in [3.63, 3.8) is 0 Å². The van der Waals surface area contributed by atoms with E-state index in [4.69, 9.17) is 4.74 Å². The molecule has 2 aromatic rings. The van der Waals surface area contributed by atoms with Crippen LogP contribution in [0, 0.1) is 6.92 Å². The first kappa shape index (κ1) is 17.9. The van der Waals surface area contributed by atoms with Gasteiger partial charge in [0.25, 0.3) is 5.91 Å². The van der Waals surface area contributed by atoms with Gasteiger partial charge >= 0.3 is 5.97 Å². The minimum Gasteiger partial charge on any atom is -0.469 e. The summed E-state index contributed by atoms with van der Waals surface area (Å²) in [5.41, 5.74) is 1.76. The number of esters is 1. The second-order valence-corrected chi connectivity index (χ2v) is 6.00. The third kappa shape index (κ3) is 4.79. The van der Waals surface area contributed by atoms with Crippen molar-refractivity contribution in [1.29, 1.82) is 0 Å². The molecule has 0 aliphatic rings. The van der Waals surface area contributed by atoms with Crippen LogP contribution in [-0.2, 0) is 9.53 Å². The summed E-state index contributed by atoms with van der Waals surface area (Å²) in [7, 11) is 1.32. The number of nitrogens with zero attached hydrogens (tertiary/aromatic N) is 2. The number of benzene rings is 1. The summed E-state index contributed by atoms with van der Waals surface area (Å²) in [5, 5.41) is 2.82. The molecule has 1 aromatic carbocycles. The molecule has 0 spiro atoms. The molecular weight excluding hydrogens is 326 g/mol. The van der Waals surface area contributed by atoms with Crippen LogP contribution >= 0.6 is 11.8 Å². The number of methoxy groups -OCH3 is 1. The van der Waals surface area contributed by atoms with E-state index in [-0.39, 0.29) is 18.0 Å². The van der Waals surface area contributed by atoms with Gasteiger partial charge in [-0.15, -0.1) is 11.8 Å². The molecule has 1 N–H and O–H groups in total. The van der Waals surface area contributed by atoms with Crippen molar-refractivity contribution < 1.29 is 14.3 Å². The summed E-state index contributed by atoms with van der Waals surface area (Å²) >= 11 is 1.62. The minimum absolute atomic E-state index is 0.0418. The summed E-state index contributed by atoms with van der Waals surface area (Å²) in [5.74, 6) is -0.783. The van der Waals surface area contributed by atoms with E-state index in [0.29, 0.717) is 0 Å². The van der Waals surface area contributed by atoms with Gasteiger partial charge in [-0.1, -0.05) is 12.1 Å². The van der Waals surface area contributed by atoms with Crippen molar-refractivity contribution in [3.05, 3.63) is 53.6 Å². The molecule has 7 heteroatoms. The first-order valence-electron chi connectivity index (χ1n) is 7.33. The molecule has 6 nitrogen and oxygen atoms in total. The fraction of sp³-hybridized carbons (Fsp3) is 0.294. The molecule has 1 atom stereocenters. The van der Waals surface area contributed by atoms with Crippen molar-refractivity contribution in [2.24, 2.45) is 0 Å². The minimum atomic E-state index is -0.496. The fourth-order valence-corrected chi connectivity index (χ4v) is 2.49. The van der Waals surface area contributed by atoms with Gasteiger partial charge in [-0.2, -0.15) is 0 Å². The summed E-state index contributed by atoms with van der Waals surface area (Å²) in [6.45, 7) is 1.79. The predicted octanol–water partition coefficient (Wildman–Crippen LogP) is 2.54.